The molecule has 5 heteroatoms. The Kier molecular flexibility index (Phi) is 4.87. The molecule has 1 aliphatic rings. The third-order valence-corrected chi connectivity index (χ3v) is 4.33. The smallest absolute Gasteiger partial charge is 0.0695 e. The second kappa shape index (κ2) is 7.05. The van der Waals surface area contributed by atoms with E-state index in [4.69, 9.17) is 5.11 Å². The molecule has 118 valence electrons. The van der Waals surface area contributed by atoms with E-state index in [9.17, 15) is 0 Å². The molecule has 22 heavy (non-hydrogen) atoms. The Morgan fingerprint density at radius 2 is 1.77 bits per heavy atom. The van der Waals surface area contributed by atoms with Gasteiger partial charge in [0.1, 0.15) is 0 Å². The van der Waals surface area contributed by atoms with Gasteiger partial charge < -0.3 is 5.11 Å². The standard InChI is InChI=1S/C17H24N4O/c1-14-2-4-15(5-3-14)17-16(12-18-19-17)13-21-8-6-20(7-9-21)10-11-22/h2-5,12,22H,6-11,13H2,1H3,(H,18,19). The Morgan fingerprint density at radius 1 is 1.09 bits per heavy atom. The van der Waals surface area contributed by atoms with Gasteiger partial charge in [-0.15, -0.1) is 0 Å². The van der Waals surface area contributed by atoms with E-state index < -0.39 is 0 Å². The van der Waals surface area contributed by atoms with Crippen molar-refractivity contribution in [2.45, 2.75) is 13.5 Å². The van der Waals surface area contributed by atoms with Crippen molar-refractivity contribution in [3.8, 4) is 11.3 Å². The lowest BCUT2D eigenvalue weighted by molar-refractivity contribution is 0.108. The number of hydrogen-bond acceptors (Lipinski definition) is 4. The predicted molar refractivity (Wildman–Crippen MR) is 87.6 cm³/mol. The lowest BCUT2D eigenvalue weighted by Crippen LogP contribution is -2.46. The second-order valence-corrected chi connectivity index (χ2v) is 5.98. The molecule has 2 aromatic rings. The van der Waals surface area contributed by atoms with Crippen molar-refractivity contribution >= 4 is 0 Å². The molecule has 1 aliphatic heterocycles. The highest BCUT2D eigenvalue weighted by Crippen LogP contribution is 2.23. The number of aromatic amines is 1. The quantitative estimate of drug-likeness (QED) is 0.878. The van der Waals surface area contributed by atoms with Crippen LogP contribution < -0.4 is 0 Å². The van der Waals surface area contributed by atoms with E-state index >= 15 is 0 Å². The first kappa shape index (κ1) is 15.2. The number of aliphatic hydroxyl groups excluding tert-OH is 1. The summed E-state index contributed by atoms with van der Waals surface area (Å²) in [5.41, 5.74) is 4.83. The molecule has 0 aliphatic carbocycles. The van der Waals surface area contributed by atoms with Crippen LogP contribution in [0, 0.1) is 6.92 Å². The van der Waals surface area contributed by atoms with E-state index in [-0.39, 0.29) is 6.61 Å². The van der Waals surface area contributed by atoms with Gasteiger partial charge >= 0.3 is 0 Å². The van der Waals surface area contributed by atoms with E-state index in [2.05, 4.69) is 51.2 Å². The molecular formula is C17H24N4O. The molecule has 0 amide bonds. The SMILES string of the molecule is Cc1ccc(-c2[nH]ncc2CN2CCN(CCO)CC2)cc1. The van der Waals surface area contributed by atoms with Gasteiger partial charge in [0.25, 0.3) is 0 Å². The van der Waals surface area contributed by atoms with E-state index in [0.29, 0.717) is 0 Å². The summed E-state index contributed by atoms with van der Waals surface area (Å²) in [6.45, 7) is 8.19. The van der Waals surface area contributed by atoms with Crippen molar-refractivity contribution < 1.29 is 5.11 Å². The van der Waals surface area contributed by atoms with Crippen molar-refractivity contribution in [2.75, 3.05) is 39.3 Å². The first-order valence-corrected chi connectivity index (χ1v) is 7.91. The zero-order valence-corrected chi connectivity index (χ0v) is 13.1. The monoisotopic (exact) mass is 300 g/mol. The van der Waals surface area contributed by atoms with E-state index in [1.807, 2.05) is 6.20 Å². The third kappa shape index (κ3) is 3.55. The van der Waals surface area contributed by atoms with Crippen LogP contribution in [0.15, 0.2) is 30.5 Å². The van der Waals surface area contributed by atoms with Crippen LogP contribution in [0.4, 0.5) is 0 Å². The highest BCUT2D eigenvalue weighted by Gasteiger charge is 2.18. The zero-order chi connectivity index (χ0) is 15.4. The normalized spacial score (nSPS) is 17.0. The molecular weight excluding hydrogens is 276 g/mol. The van der Waals surface area contributed by atoms with Crippen molar-refractivity contribution in [3.63, 3.8) is 0 Å². The Balaban J connectivity index is 1.65. The first-order valence-electron chi connectivity index (χ1n) is 7.91. The Labute approximate surface area is 131 Å². The highest BCUT2D eigenvalue weighted by atomic mass is 16.3. The number of β-amino-alcohol motifs (C(OH)–C–C–N with tert-alkyl or cyclic N) is 1. The van der Waals surface area contributed by atoms with E-state index in [1.54, 1.807) is 0 Å². The average molecular weight is 300 g/mol. The number of piperazine rings is 1. The molecule has 0 saturated carbocycles. The van der Waals surface area contributed by atoms with Crippen LogP contribution in [0.2, 0.25) is 0 Å². The zero-order valence-electron chi connectivity index (χ0n) is 13.1. The summed E-state index contributed by atoms with van der Waals surface area (Å²) < 4.78 is 0. The van der Waals surface area contributed by atoms with Gasteiger partial charge in [0.05, 0.1) is 18.5 Å². The molecule has 0 atom stereocenters. The number of hydrogen-bond donors (Lipinski definition) is 2. The fourth-order valence-electron chi connectivity index (χ4n) is 2.95. The molecule has 0 spiro atoms. The highest BCUT2D eigenvalue weighted by molar-refractivity contribution is 5.62. The molecule has 0 bridgehead atoms. The van der Waals surface area contributed by atoms with Crippen LogP contribution in [0.5, 0.6) is 0 Å². The van der Waals surface area contributed by atoms with E-state index in [1.165, 1.54) is 16.7 Å². The van der Waals surface area contributed by atoms with Gasteiger partial charge in [-0.1, -0.05) is 29.8 Å². The number of aryl methyl sites for hydroxylation is 1. The lowest BCUT2D eigenvalue weighted by Gasteiger charge is -2.34. The predicted octanol–water partition coefficient (Wildman–Crippen LogP) is 1.50. The van der Waals surface area contributed by atoms with Gasteiger partial charge in [-0.3, -0.25) is 14.9 Å². The average Bonchev–Trinajstić information content (AvgIpc) is 2.98. The van der Waals surface area contributed by atoms with Crippen LogP contribution in [-0.2, 0) is 6.54 Å². The topological polar surface area (TPSA) is 55.4 Å². The van der Waals surface area contributed by atoms with Crippen LogP contribution in [0.3, 0.4) is 0 Å². The molecule has 3 rings (SSSR count). The minimum absolute atomic E-state index is 0.249. The molecule has 2 N–H and O–H groups in total. The van der Waals surface area contributed by atoms with Crippen molar-refractivity contribution in [1.29, 1.82) is 0 Å². The summed E-state index contributed by atoms with van der Waals surface area (Å²) >= 11 is 0. The van der Waals surface area contributed by atoms with Gasteiger partial charge in [0, 0.05) is 44.8 Å². The van der Waals surface area contributed by atoms with Gasteiger partial charge in [-0.25, -0.2) is 0 Å². The lowest BCUT2D eigenvalue weighted by atomic mass is 10.1. The fourth-order valence-corrected chi connectivity index (χ4v) is 2.95. The summed E-state index contributed by atoms with van der Waals surface area (Å²) in [6, 6.07) is 8.55. The maximum atomic E-state index is 9.01. The molecule has 1 aromatic heterocycles. The molecule has 2 heterocycles. The van der Waals surface area contributed by atoms with E-state index in [0.717, 1.165) is 45.0 Å². The Bertz CT molecular complexity index is 585. The number of nitrogens with zero attached hydrogens (tertiary/aromatic N) is 3. The molecule has 0 radical (unpaired) electrons. The summed E-state index contributed by atoms with van der Waals surface area (Å²) in [7, 11) is 0. The Hall–Kier alpha value is -1.69. The molecule has 1 aromatic carbocycles. The van der Waals surface area contributed by atoms with Gasteiger partial charge in [-0.05, 0) is 12.5 Å². The van der Waals surface area contributed by atoms with Gasteiger partial charge in [0.15, 0.2) is 0 Å². The number of aromatic nitrogens is 2. The fraction of sp³-hybridized carbons (Fsp3) is 0.471. The number of benzene rings is 1. The number of H-pyrrole nitrogens is 1. The molecule has 5 nitrogen and oxygen atoms in total. The molecule has 1 saturated heterocycles. The van der Waals surface area contributed by atoms with Crippen LogP contribution in [-0.4, -0.2) is 64.4 Å². The van der Waals surface area contributed by atoms with Crippen molar-refractivity contribution in [2.24, 2.45) is 0 Å². The second-order valence-electron chi connectivity index (χ2n) is 5.98. The van der Waals surface area contributed by atoms with Crippen LogP contribution in [0.25, 0.3) is 11.3 Å². The minimum atomic E-state index is 0.249. The number of nitrogens with one attached hydrogen (secondary N) is 1. The van der Waals surface area contributed by atoms with Crippen molar-refractivity contribution in [1.82, 2.24) is 20.0 Å². The summed E-state index contributed by atoms with van der Waals surface area (Å²) in [5, 5.41) is 16.4. The molecule has 0 unspecified atom stereocenters. The van der Waals surface area contributed by atoms with Crippen LogP contribution in [0.1, 0.15) is 11.1 Å². The van der Waals surface area contributed by atoms with Gasteiger partial charge in [0.2, 0.25) is 0 Å². The maximum absolute atomic E-state index is 9.01. The number of rotatable bonds is 5. The third-order valence-electron chi connectivity index (χ3n) is 4.33. The Morgan fingerprint density at radius 3 is 2.45 bits per heavy atom. The largest absolute Gasteiger partial charge is 0.395 e. The van der Waals surface area contributed by atoms with Crippen molar-refractivity contribution in [3.05, 3.63) is 41.6 Å². The minimum Gasteiger partial charge on any atom is -0.395 e. The van der Waals surface area contributed by atoms with Crippen LogP contribution >= 0.6 is 0 Å². The van der Waals surface area contributed by atoms with Gasteiger partial charge in [-0.2, -0.15) is 5.10 Å². The summed E-state index contributed by atoms with van der Waals surface area (Å²) in [4.78, 5) is 4.77. The summed E-state index contributed by atoms with van der Waals surface area (Å²) in [5.74, 6) is 0. The first-order chi connectivity index (χ1) is 10.8. The molecule has 1 fully saturated rings. The maximum Gasteiger partial charge on any atom is 0.0695 e. The number of aliphatic hydroxyl groups is 1. The summed E-state index contributed by atoms with van der Waals surface area (Å²) in [6.07, 6.45) is 1.94.